The van der Waals surface area contributed by atoms with E-state index in [1.165, 1.54) is 17.1 Å². The van der Waals surface area contributed by atoms with Gasteiger partial charge in [0.15, 0.2) is 0 Å². The molecule has 4 aromatic carbocycles. The first-order chi connectivity index (χ1) is 18.0. The maximum absolute atomic E-state index is 13.5. The van der Waals surface area contributed by atoms with Crippen LogP contribution in [0.25, 0.3) is 0 Å². The summed E-state index contributed by atoms with van der Waals surface area (Å²) in [5.74, 6) is 0.875. The van der Waals surface area contributed by atoms with E-state index in [1.807, 2.05) is 78.9 Å². The number of hydrogen-bond acceptors (Lipinski definition) is 5. The minimum absolute atomic E-state index is 0.136. The van der Waals surface area contributed by atoms with Crippen LogP contribution in [0, 0.1) is 0 Å². The Morgan fingerprint density at radius 3 is 2.35 bits per heavy atom. The Bertz CT molecular complexity index is 1420. The first-order valence-electron chi connectivity index (χ1n) is 11.8. The average molecular weight is 513 g/mol. The van der Waals surface area contributed by atoms with Gasteiger partial charge in [0.25, 0.3) is 5.91 Å². The normalized spacial score (nSPS) is 14.8. The van der Waals surface area contributed by atoms with Crippen LogP contribution in [0.5, 0.6) is 17.2 Å². The van der Waals surface area contributed by atoms with Crippen LogP contribution in [0.15, 0.2) is 102 Å². The van der Waals surface area contributed by atoms with Gasteiger partial charge in [0.1, 0.15) is 23.9 Å². The number of halogens is 1. The number of phenols is 1. The fourth-order valence-electron chi connectivity index (χ4n) is 4.25. The molecule has 5 rings (SSSR count). The molecule has 1 aliphatic rings. The van der Waals surface area contributed by atoms with Crippen LogP contribution in [0.4, 0.5) is 0 Å². The number of aromatic hydroxyl groups is 1. The maximum Gasteiger partial charge on any atom is 0.278 e. The molecule has 0 saturated heterocycles. The van der Waals surface area contributed by atoms with E-state index < -0.39 is 5.91 Å². The van der Waals surface area contributed by atoms with E-state index in [2.05, 4.69) is 0 Å². The fraction of sp³-hybridized carbons (Fsp3) is 0.133. The lowest BCUT2D eigenvalue weighted by Gasteiger charge is -2.22. The molecule has 1 heterocycles. The van der Waals surface area contributed by atoms with Gasteiger partial charge in [-0.3, -0.25) is 4.79 Å². The number of phenolic OH excluding ortho intramolecular Hbond substituents is 1. The summed E-state index contributed by atoms with van der Waals surface area (Å²) in [6.45, 7) is 0.467. The van der Waals surface area contributed by atoms with E-state index in [0.717, 1.165) is 33.9 Å². The van der Waals surface area contributed by atoms with Crippen molar-refractivity contribution >= 4 is 23.2 Å². The second kappa shape index (κ2) is 10.8. The lowest BCUT2D eigenvalue weighted by Crippen LogP contribution is -2.27. The van der Waals surface area contributed by atoms with Crippen molar-refractivity contribution in [2.24, 2.45) is 5.10 Å². The van der Waals surface area contributed by atoms with E-state index >= 15 is 0 Å². The van der Waals surface area contributed by atoms with E-state index in [0.29, 0.717) is 18.1 Å². The third kappa shape index (κ3) is 5.44. The van der Waals surface area contributed by atoms with Crippen molar-refractivity contribution in [1.29, 1.82) is 0 Å². The fourth-order valence-corrected chi connectivity index (χ4v) is 4.42. The molecule has 0 spiro atoms. The first-order valence-corrected chi connectivity index (χ1v) is 12.2. The third-order valence-corrected chi connectivity index (χ3v) is 6.48. The Morgan fingerprint density at radius 1 is 0.973 bits per heavy atom. The average Bonchev–Trinajstić information content (AvgIpc) is 3.38. The number of methoxy groups -OCH3 is 1. The molecule has 4 aromatic rings. The summed E-state index contributed by atoms with van der Waals surface area (Å²) in [7, 11) is 1.62. The van der Waals surface area contributed by atoms with Crippen LogP contribution >= 0.6 is 11.6 Å². The summed E-state index contributed by atoms with van der Waals surface area (Å²) in [6.07, 6.45) is 0.511. The van der Waals surface area contributed by atoms with Gasteiger partial charge in [-0.05, 0) is 71.3 Å². The van der Waals surface area contributed by atoms with Crippen LogP contribution in [0.2, 0.25) is 5.02 Å². The molecule has 7 heteroatoms. The molecule has 37 heavy (non-hydrogen) atoms. The van der Waals surface area contributed by atoms with Crippen molar-refractivity contribution in [3.8, 4) is 17.2 Å². The number of hydrazone groups is 1. The number of rotatable bonds is 7. The monoisotopic (exact) mass is 512 g/mol. The quantitative estimate of drug-likeness (QED) is 0.302. The predicted molar refractivity (Wildman–Crippen MR) is 143 cm³/mol. The number of ether oxygens (including phenoxy) is 2. The molecular weight excluding hydrogens is 488 g/mol. The van der Waals surface area contributed by atoms with Gasteiger partial charge in [-0.1, -0.05) is 54.1 Å². The summed E-state index contributed by atoms with van der Waals surface area (Å²) in [6, 6.07) is 29.3. The largest absolute Gasteiger partial charge is 0.507 e. The predicted octanol–water partition coefficient (Wildman–Crippen LogP) is 6.62. The third-order valence-electron chi connectivity index (χ3n) is 6.25. The highest BCUT2D eigenvalue weighted by Gasteiger charge is 2.34. The van der Waals surface area contributed by atoms with Crippen molar-refractivity contribution in [1.82, 2.24) is 5.01 Å². The Kier molecular flexibility index (Phi) is 7.10. The lowest BCUT2D eigenvalue weighted by molar-refractivity contribution is 0.0708. The van der Waals surface area contributed by atoms with E-state index in [-0.39, 0.29) is 17.4 Å². The molecule has 0 aromatic heterocycles. The molecule has 0 aliphatic carbocycles. The Hall–Kier alpha value is -4.29. The molecule has 1 atom stereocenters. The number of hydrogen-bond donors (Lipinski definition) is 1. The zero-order valence-electron chi connectivity index (χ0n) is 20.2. The van der Waals surface area contributed by atoms with Gasteiger partial charge in [-0.15, -0.1) is 0 Å². The number of benzene rings is 4. The number of carbonyl (C=O) groups is 1. The number of carbonyl (C=O) groups excluding carboxylic acids is 1. The molecule has 1 N–H and O–H groups in total. The summed E-state index contributed by atoms with van der Waals surface area (Å²) >= 11 is 5.98. The highest BCUT2D eigenvalue weighted by Crippen LogP contribution is 2.36. The Labute approximate surface area is 220 Å². The summed E-state index contributed by atoms with van der Waals surface area (Å²) in [4.78, 5) is 13.5. The number of amides is 1. The molecule has 1 unspecified atom stereocenters. The van der Waals surface area contributed by atoms with Gasteiger partial charge in [-0.25, -0.2) is 5.01 Å². The van der Waals surface area contributed by atoms with E-state index in [4.69, 9.17) is 26.2 Å². The van der Waals surface area contributed by atoms with Crippen LogP contribution in [0.3, 0.4) is 0 Å². The van der Waals surface area contributed by atoms with Crippen molar-refractivity contribution < 1.29 is 19.4 Å². The summed E-state index contributed by atoms with van der Waals surface area (Å²) in [5, 5.41) is 16.9. The van der Waals surface area contributed by atoms with Gasteiger partial charge < -0.3 is 14.6 Å². The Balaban J connectivity index is 1.42. The van der Waals surface area contributed by atoms with Crippen LogP contribution < -0.4 is 9.47 Å². The smallest absolute Gasteiger partial charge is 0.278 e. The van der Waals surface area contributed by atoms with Crippen molar-refractivity contribution in [2.75, 3.05) is 7.11 Å². The molecule has 0 radical (unpaired) electrons. The highest BCUT2D eigenvalue weighted by atomic mass is 35.5. The standard InChI is InChI=1S/C30H25ClN2O4/c1-36-24-12-7-21(8-13-24)27-18-28(33(32-27)30(35)26-16-11-23(31)17-29(26)34)22-9-14-25(15-10-22)37-19-20-5-3-2-4-6-20/h2-17,28,34H,18-19H2,1H3. The molecule has 0 fully saturated rings. The van der Waals surface area contributed by atoms with Gasteiger partial charge in [0, 0.05) is 11.4 Å². The minimum Gasteiger partial charge on any atom is -0.507 e. The zero-order valence-corrected chi connectivity index (χ0v) is 20.9. The Morgan fingerprint density at radius 2 is 1.68 bits per heavy atom. The second-order valence-electron chi connectivity index (χ2n) is 8.65. The van der Waals surface area contributed by atoms with Crippen molar-refractivity contribution in [2.45, 2.75) is 19.1 Å². The van der Waals surface area contributed by atoms with Crippen LogP contribution in [-0.2, 0) is 6.61 Å². The topological polar surface area (TPSA) is 71.4 Å². The maximum atomic E-state index is 13.5. The first kappa shape index (κ1) is 24.4. The van der Waals surface area contributed by atoms with Crippen molar-refractivity contribution in [3.05, 3.63) is 124 Å². The SMILES string of the molecule is COc1ccc(C2=NN(C(=O)c3ccc(Cl)cc3O)C(c3ccc(OCc4ccccc4)cc3)C2)cc1. The van der Waals surface area contributed by atoms with Gasteiger partial charge in [-0.2, -0.15) is 5.10 Å². The molecule has 0 saturated carbocycles. The van der Waals surface area contributed by atoms with Crippen LogP contribution in [-0.4, -0.2) is 28.8 Å². The molecule has 6 nitrogen and oxygen atoms in total. The van der Waals surface area contributed by atoms with Gasteiger partial charge in [0.2, 0.25) is 0 Å². The van der Waals surface area contributed by atoms with E-state index in [9.17, 15) is 9.90 Å². The van der Waals surface area contributed by atoms with Crippen molar-refractivity contribution in [3.63, 3.8) is 0 Å². The second-order valence-corrected chi connectivity index (χ2v) is 9.09. The van der Waals surface area contributed by atoms with Gasteiger partial charge in [0.05, 0.1) is 24.4 Å². The van der Waals surface area contributed by atoms with Crippen LogP contribution in [0.1, 0.15) is 39.5 Å². The molecule has 186 valence electrons. The summed E-state index contributed by atoms with van der Waals surface area (Å²) < 4.78 is 11.2. The van der Waals surface area contributed by atoms with E-state index in [1.54, 1.807) is 13.2 Å². The summed E-state index contributed by atoms with van der Waals surface area (Å²) in [5.41, 5.74) is 3.78. The minimum atomic E-state index is -0.410. The lowest BCUT2D eigenvalue weighted by atomic mass is 9.98. The molecular formula is C30H25ClN2O4. The van der Waals surface area contributed by atoms with Gasteiger partial charge >= 0.3 is 0 Å². The molecule has 1 aliphatic heterocycles. The molecule has 1 amide bonds. The highest BCUT2D eigenvalue weighted by molar-refractivity contribution is 6.30. The molecule has 0 bridgehead atoms. The zero-order chi connectivity index (χ0) is 25.8. The number of nitrogens with zero attached hydrogens (tertiary/aromatic N) is 2.